The highest BCUT2D eigenvalue weighted by atomic mass is 19.1. The summed E-state index contributed by atoms with van der Waals surface area (Å²) in [6, 6.07) is 18.3. The summed E-state index contributed by atoms with van der Waals surface area (Å²) < 4.78 is 30.7. The average molecular weight is 553 g/mol. The number of ketones is 1. The third kappa shape index (κ3) is 15.8. The van der Waals surface area contributed by atoms with Gasteiger partial charge in [-0.25, -0.2) is 13.6 Å². The molecule has 2 N–H and O–H groups in total. The summed E-state index contributed by atoms with van der Waals surface area (Å²) in [6.07, 6.45) is 7.90. The second kappa shape index (κ2) is 20.6. The zero-order chi connectivity index (χ0) is 30.5. The number of nitrogens with one attached hydrogen (secondary N) is 2. The van der Waals surface area contributed by atoms with Gasteiger partial charge in [-0.1, -0.05) is 75.4 Å². The molecular formula is C32H38F2N2O4. The van der Waals surface area contributed by atoms with Gasteiger partial charge in [-0.2, -0.15) is 0 Å². The van der Waals surface area contributed by atoms with Gasteiger partial charge in [0.25, 0.3) is 5.91 Å². The number of carbonyl (C=O) groups is 3. The third-order valence-corrected chi connectivity index (χ3v) is 4.53. The molecule has 0 aromatic heterocycles. The number of fused-ring (bicyclic) bond motifs is 1. The molecule has 0 unspecified atom stereocenters. The summed E-state index contributed by atoms with van der Waals surface area (Å²) in [5.74, 6) is -0.667. The summed E-state index contributed by atoms with van der Waals surface area (Å²) in [5.41, 5.74) is -0.192. The zero-order valence-corrected chi connectivity index (χ0v) is 23.9. The first-order chi connectivity index (χ1) is 19.0. The predicted molar refractivity (Wildman–Crippen MR) is 157 cm³/mol. The van der Waals surface area contributed by atoms with E-state index >= 15 is 0 Å². The number of rotatable bonds is 6. The molecular weight excluding hydrogens is 514 g/mol. The topological polar surface area (TPSA) is 84.5 Å². The minimum Gasteiger partial charge on any atom is -0.466 e. The molecule has 8 heteroatoms. The molecule has 0 aliphatic carbocycles. The van der Waals surface area contributed by atoms with Crippen LogP contribution >= 0.6 is 0 Å². The van der Waals surface area contributed by atoms with Crippen LogP contribution in [0.4, 0.5) is 8.78 Å². The normalized spacial score (nSPS) is 9.70. The average Bonchev–Trinajstić information content (AvgIpc) is 2.92. The largest absolute Gasteiger partial charge is 0.466 e. The number of hydrogen-bond donors (Lipinski definition) is 2. The number of methoxy groups -OCH3 is 1. The second-order valence-corrected chi connectivity index (χ2v) is 8.86. The van der Waals surface area contributed by atoms with E-state index in [-0.39, 0.29) is 23.6 Å². The number of hydrogen-bond acceptors (Lipinski definition) is 5. The predicted octanol–water partition coefficient (Wildman–Crippen LogP) is 5.85. The molecule has 0 aliphatic rings. The lowest BCUT2D eigenvalue weighted by Gasteiger charge is -2.08. The van der Waals surface area contributed by atoms with Crippen LogP contribution in [0.3, 0.4) is 0 Å². The maximum absolute atomic E-state index is 13.4. The number of likely N-dealkylation sites (N-methyl/N-ethyl adjacent to an activating group) is 1. The maximum Gasteiger partial charge on any atom is 0.330 e. The van der Waals surface area contributed by atoms with Gasteiger partial charge in [0.2, 0.25) is 0 Å². The highest BCUT2D eigenvalue weighted by molar-refractivity contribution is 5.96. The van der Waals surface area contributed by atoms with E-state index in [4.69, 9.17) is 6.42 Å². The lowest BCUT2D eigenvalue weighted by Crippen LogP contribution is -2.22. The second-order valence-electron chi connectivity index (χ2n) is 8.86. The zero-order valence-electron chi connectivity index (χ0n) is 23.9. The van der Waals surface area contributed by atoms with Gasteiger partial charge in [0, 0.05) is 36.4 Å². The van der Waals surface area contributed by atoms with Gasteiger partial charge in [0.1, 0.15) is 11.6 Å². The van der Waals surface area contributed by atoms with Crippen molar-refractivity contribution in [2.75, 3.05) is 20.7 Å². The number of ether oxygens (including phenoxy) is 1. The Hall–Kier alpha value is -4.35. The fourth-order valence-electron chi connectivity index (χ4n) is 2.79. The highest BCUT2D eigenvalue weighted by Crippen LogP contribution is 2.16. The van der Waals surface area contributed by atoms with Crippen LogP contribution in [0.2, 0.25) is 0 Å². The Bertz CT molecular complexity index is 1230. The van der Waals surface area contributed by atoms with Crippen LogP contribution in [0.5, 0.6) is 0 Å². The Morgan fingerprint density at radius 3 is 1.90 bits per heavy atom. The molecule has 0 spiro atoms. The van der Waals surface area contributed by atoms with Crippen molar-refractivity contribution in [1.82, 2.24) is 10.6 Å². The molecule has 0 bridgehead atoms. The van der Waals surface area contributed by atoms with E-state index in [1.54, 1.807) is 12.0 Å². The van der Waals surface area contributed by atoms with E-state index in [0.717, 1.165) is 12.0 Å². The van der Waals surface area contributed by atoms with Crippen LogP contribution in [0.15, 0.2) is 72.8 Å². The molecule has 1 amide bonds. The van der Waals surface area contributed by atoms with Gasteiger partial charge in [-0.15, -0.1) is 6.42 Å². The SMILES string of the molecule is C#CC(=O)NCc1c(F)cc(F)cc1C(C)=O.CC(C)C.CNC/C=C/C(=O)OC.c1ccc2ccccc2c1. The van der Waals surface area contributed by atoms with Gasteiger partial charge in [-0.05, 0) is 42.6 Å². The van der Waals surface area contributed by atoms with Crippen molar-refractivity contribution in [1.29, 1.82) is 0 Å². The van der Waals surface area contributed by atoms with Crippen molar-refractivity contribution < 1.29 is 27.9 Å². The molecule has 40 heavy (non-hydrogen) atoms. The minimum absolute atomic E-state index is 0.0810. The molecule has 0 heterocycles. The number of terminal acetylenes is 1. The standard InChI is InChI=1S/C12H9F2NO2.C10H8.C6H11NO2.C4H10/c1-3-12(17)15-6-10-9(7(2)16)4-8(13)5-11(10)14;1-2-6-10-8-4-3-7-9(10)5-1;1-7-5-3-4-6(8)9-2;1-4(2)3/h1,4-5H,6H2,2H3,(H,15,17);1-8H;3-4,7H,5H2,1-2H3;4H,1-3H3/b;;4-3+;. The Kier molecular flexibility index (Phi) is 18.4. The lowest BCUT2D eigenvalue weighted by atomic mass is 10.0. The third-order valence-electron chi connectivity index (χ3n) is 4.53. The first-order valence-corrected chi connectivity index (χ1v) is 12.5. The highest BCUT2D eigenvalue weighted by Gasteiger charge is 2.15. The van der Waals surface area contributed by atoms with E-state index in [1.807, 2.05) is 7.05 Å². The molecule has 0 radical (unpaired) electrons. The molecule has 3 aromatic carbocycles. The van der Waals surface area contributed by atoms with Crippen molar-refractivity contribution in [2.24, 2.45) is 5.92 Å². The van der Waals surface area contributed by atoms with E-state index in [9.17, 15) is 23.2 Å². The fraction of sp³-hybridized carbons (Fsp3) is 0.281. The molecule has 0 saturated carbocycles. The van der Waals surface area contributed by atoms with Crippen LogP contribution in [0, 0.1) is 29.9 Å². The summed E-state index contributed by atoms with van der Waals surface area (Å²) in [5, 5.41) is 7.69. The van der Waals surface area contributed by atoms with E-state index in [1.165, 1.54) is 30.9 Å². The quantitative estimate of drug-likeness (QED) is 0.173. The number of carbonyl (C=O) groups excluding carboxylic acids is 3. The molecule has 0 atom stereocenters. The van der Waals surface area contributed by atoms with Gasteiger partial charge in [0.15, 0.2) is 5.78 Å². The van der Waals surface area contributed by atoms with E-state index in [2.05, 4.69) is 84.7 Å². The summed E-state index contributed by atoms with van der Waals surface area (Å²) >= 11 is 0. The molecule has 6 nitrogen and oxygen atoms in total. The number of amides is 1. The summed E-state index contributed by atoms with van der Waals surface area (Å²) in [7, 11) is 3.16. The molecule has 0 aliphatic heterocycles. The summed E-state index contributed by atoms with van der Waals surface area (Å²) in [4.78, 5) is 32.4. The Morgan fingerprint density at radius 1 is 1.00 bits per heavy atom. The Morgan fingerprint density at radius 2 is 1.50 bits per heavy atom. The smallest absolute Gasteiger partial charge is 0.330 e. The minimum atomic E-state index is -0.896. The maximum atomic E-state index is 13.4. The number of esters is 1. The molecule has 3 rings (SSSR count). The van der Waals surface area contributed by atoms with Crippen LogP contribution in [0.1, 0.15) is 43.6 Å². The van der Waals surface area contributed by atoms with Crippen molar-refractivity contribution in [3.63, 3.8) is 0 Å². The number of halogens is 2. The van der Waals surface area contributed by atoms with Crippen molar-refractivity contribution in [3.8, 4) is 12.3 Å². The molecule has 0 saturated heterocycles. The van der Waals surface area contributed by atoms with Gasteiger partial charge in [0.05, 0.1) is 7.11 Å². The van der Waals surface area contributed by atoms with Crippen molar-refractivity contribution >= 4 is 28.4 Å². The van der Waals surface area contributed by atoms with Crippen LogP contribution in [-0.4, -0.2) is 38.4 Å². The van der Waals surface area contributed by atoms with Crippen LogP contribution in [0.25, 0.3) is 10.8 Å². The van der Waals surface area contributed by atoms with E-state index in [0.29, 0.717) is 12.6 Å². The monoisotopic (exact) mass is 552 g/mol. The van der Waals surface area contributed by atoms with Gasteiger partial charge >= 0.3 is 5.97 Å². The van der Waals surface area contributed by atoms with Crippen LogP contribution < -0.4 is 10.6 Å². The molecule has 3 aromatic rings. The molecule has 214 valence electrons. The van der Waals surface area contributed by atoms with Gasteiger partial charge in [-0.3, -0.25) is 9.59 Å². The summed E-state index contributed by atoms with van der Waals surface area (Å²) in [6.45, 7) is 8.11. The van der Waals surface area contributed by atoms with E-state index < -0.39 is 23.3 Å². The molecule has 0 fully saturated rings. The first-order valence-electron chi connectivity index (χ1n) is 12.5. The Labute approximate surface area is 235 Å². The number of benzene rings is 3. The Balaban J connectivity index is 0.000000564. The lowest BCUT2D eigenvalue weighted by molar-refractivity contribution is -0.134. The van der Waals surface area contributed by atoms with Crippen molar-refractivity contribution in [2.45, 2.75) is 34.2 Å². The number of Topliss-reactive ketones (excluding diaryl/α,β-unsaturated/α-hetero) is 1. The van der Waals surface area contributed by atoms with Crippen molar-refractivity contribution in [3.05, 3.63) is 95.6 Å². The van der Waals surface area contributed by atoms with Gasteiger partial charge < -0.3 is 15.4 Å². The van der Waals surface area contributed by atoms with Crippen LogP contribution in [-0.2, 0) is 20.9 Å². The first kappa shape index (κ1) is 35.6. The fourth-order valence-corrected chi connectivity index (χ4v) is 2.79.